The highest BCUT2D eigenvalue weighted by Crippen LogP contribution is 2.46. The van der Waals surface area contributed by atoms with Crippen molar-refractivity contribution in [3.63, 3.8) is 0 Å². The van der Waals surface area contributed by atoms with E-state index in [4.69, 9.17) is 11.6 Å². The summed E-state index contributed by atoms with van der Waals surface area (Å²) in [5.74, 6) is 2.50. The van der Waals surface area contributed by atoms with Crippen LogP contribution in [0.4, 0.5) is 5.82 Å². The molecule has 1 aromatic rings. The Bertz CT molecular complexity index is 375. The molecular weight excluding hydrogens is 222 g/mol. The Morgan fingerprint density at radius 1 is 1.44 bits per heavy atom. The molecule has 1 aliphatic carbocycles. The van der Waals surface area contributed by atoms with Crippen LogP contribution in [0.2, 0.25) is 0 Å². The summed E-state index contributed by atoms with van der Waals surface area (Å²) in [4.78, 5) is 8.74. The quantitative estimate of drug-likeness (QED) is 0.803. The molecule has 0 saturated heterocycles. The van der Waals surface area contributed by atoms with E-state index in [2.05, 4.69) is 22.2 Å². The molecule has 1 N–H and O–H groups in total. The largest absolute Gasteiger partial charge is 0.369 e. The molecule has 0 unspecified atom stereocenters. The Kier molecular flexibility index (Phi) is 3.33. The topological polar surface area (TPSA) is 37.8 Å². The lowest BCUT2D eigenvalue weighted by Gasteiger charge is -2.13. The van der Waals surface area contributed by atoms with E-state index >= 15 is 0 Å². The van der Waals surface area contributed by atoms with Crippen LogP contribution in [0.1, 0.15) is 31.3 Å². The number of hydrogen-bond donors (Lipinski definition) is 1. The lowest BCUT2D eigenvalue weighted by atomic mass is 10.1. The fourth-order valence-electron chi connectivity index (χ4n) is 1.71. The van der Waals surface area contributed by atoms with E-state index in [1.807, 2.05) is 13.0 Å². The van der Waals surface area contributed by atoms with Gasteiger partial charge in [0, 0.05) is 29.6 Å². The molecule has 2 rings (SSSR count). The molecule has 1 fully saturated rings. The summed E-state index contributed by atoms with van der Waals surface area (Å²) in [7, 11) is 0. The summed E-state index contributed by atoms with van der Waals surface area (Å²) < 4.78 is 0. The zero-order valence-corrected chi connectivity index (χ0v) is 10.6. The van der Waals surface area contributed by atoms with Crippen LogP contribution in [-0.2, 0) is 6.42 Å². The molecule has 88 valence electrons. The van der Waals surface area contributed by atoms with Gasteiger partial charge in [-0.25, -0.2) is 9.97 Å². The highest BCUT2D eigenvalue weighted by molar-refractivity contribution is 6.18. The van der Waals surface area contributed by atoms with Gasteiger partial charge in [-0.05, 0) is 26.2 Å². The van der Waals surface area contributed by atoms with Crippen molar-refractivity contribution in [1.29, 1.82) is 0 Å². The smallest absolute Gasteiger partial charge is 0.129 e. The average Bonchev–Trinajstić information content (AvgIpc) is 3.06. The third-order valence-electron chi connectivity index (χ3n) is 3.14. The van der Waals surface area contributed by atoms with Crippen LogP contribution in [0.15, 0.2) is 6.07 Å². The molecule has 1 heterocycles. The molecule has 0 radical (unpaired) electrons. The number of alkyl halides is 1. The Hall–Kier alpha value is -0.830. The maximum absolute atomic E-state index is 5.94. The number of anilines is 1. The molecule has 1 saturated carbocycles. The second-order valence-electron chi connectivity index (χ2n) is 4.63. The molecule has 1 aromatic heterocycles. The number of aryl methyl sites for hydroxylation is 2. The summed E-state index contributed by atoms with van der Waals surface area (Å²) in [5, 5.41) is 3.38. The van der Waals surface area contributed by atoms with E-state index in [9.17, 15) is 0 Å². The van der Waals surface area contributed by atoms with E-state index in [0.29, 0.717) is 5.41 Å². The van der Waals surface area contributed by atoms with Crippen molar-refractivity contribution in [2.45, 2.75) is 33.1 Å². The number of rotatable bonds is 5. The summed E-state index contributed by atoms with van der Waals surface area (Å²) in [6, 6.07) is 2.03. The minimum absolute atomic E-state index is 0.326. The van der Waals surface area contributed by atoms with Gasteiger partial charge in [0.05, 0.1) is 0 Å². The Labute approximate surface area is 102 Å². The summed E-state index contributed by atoms with van der Waals surface area (Å²) in [6.45, 7) is 4.96. The van der Waals surface area contributed by atoms with Gasteiger partial charge in [-0.3, -0.25) is 0 Å². The molecule has 0 atom stereocenters. The second-order valence-corrected chi connectivity index (χ2v) is 4.90. The monoisotopic (exact) mass is 239 g/mol. The van der Waals surface area contributed by atoms with Gasteiger partial charge in [0.25, 0.3) is 0 Å². The van der Waals surface area contributed by atoms with Crippen molar-refractivity contribution in [2.75, 3.05) is 17.7 Å². The molecule has 4 heteroatoms. The Morgan fingerprint density at radius 3 is 2.75 bits per heavy atom. The standard InChI is InChI=1S/C12H18ClN3/c1-3-10-6-11(16-9(2)15-10)14-8-12(7-13)4-5-12/h6H,3-5,7-8H2,1-2H3,(H,14,15,16). The zero-order valence-electron chi connectivity index (χ0n) is 9.89. The molecule has 0 bridgehead atoms. The van der Waals surface area contributed by atoms with Crippen LogP contribution in [0.25, 0.3) is 0 Å². The number of aromatic nitrogens is 2. The van der Waals surface area contributed by atoms with E-state index in [-0.39, 0.29) is 0 Å². The fourth-order valence-corrected chi connectivity index (χ4v) is 2.08. The molecule has 0 spiro atoms. The molecule has 0 aromatic carbocycles. The van der Waals surface area contributed by atoms with Crippen LogP contribution in [0.5, 0.6) is 0 Å². The Morgan fingerprint density at radius 2 is 2.19 bits per heavy atom. The minimum atomic E-state index is 0.326. The van der Waals surface area contributed by atoms with Gasteiger partial charge in [0.2, 0.25) is 0 Å². The molecule has 1 aliphatic rings. The van der Waals surface area contributed by atoms with Gasteiger partial charge in [-0.1, -0.05) is 6.92 Å². The van der Waals surface area contributed by atoms with Crippen LogP contribution >= 0.6 is 11.6 Å². The SMILES string of the molecule is CCc1cc(NCC2(CCl)CC2)nc(C)n1. The average molecular weight is 240 g/mol. The van der Waals surface area contributed by atoms with Gasteiger partial charge in [0.1, 0.15) is 11.6 Å². The number of halogens is 1. The first-order chi connectivity index (χ1) is 7.67. The van der Waals surface area contributed by atoms with Crippen LogP contribution in [-0.4, -0.2) is 22.4 Å². The molecule has 16 heavy (non-hydrogen) atoms. The van der Waals surface area contributed by atoms with Crippen LogP contribution < -0.4 is 5.32 Å². The van der Waals surface area contributed by atoms with E-state index in [1.165, 1.54) is 12.8 Å². The molecule has 0 amide bonds. The fraction of sp³-hybridized carbons (Fsp3) is 0.667. The normalized spacial score (nSPS) is 17.2. The van der Waals surface area contributed by atoms with Crippen molar-refractivity contribution < 1.29 is 0 Å². The van der Waals surface area contributed by atoms with E-state index < -0.39 is 0 Å². The molecule has 0 aliphatic heterocycles. The van der Waals surface area contributed by atoms with Crippen molar-refractivity contribution in [3.8, 4) is 0 Å². The van der Waals surface area contributed by atoms with Crippen molar-refractivity contribution in [3.05, 3.63) is 17.6 Å². The summed E-state index contributed by atoms with van der Waals surface area (Å²) in [6.07, 6.45) is 3.40. The van der Waals surface area contributed by atoms with Crippen molar-refractivity contribution >= 4 is 17.4 Å². The van der Waals surface area contributed by atoms with Gasteiger partial charge in [-0.15, -0.1) is 11.6 Å². The zero-order chi connectivity index (χ0) is 11.6. The minimum Gasteiger partial charge on any atom is -0.369 e. The first-order valence-corrected chi connectivity index (χ1v) is 6.35. The van der Waals surface area contributed by atoms with Crippen molar-refractivity contribution in [2.24, 2.45) is 5.41 Å². The van der Waals surface area contributed by atoms with E-state index in [1.54, 1.807) is 0 Å². The number of nitrogens with one attached hydrogen (secondary N) is 1. The number of hydrogen-bond acceptors (Lipinski definition) is 3. The lowest BCUT2D eigenvalue weighted by Crippen LogP contribution is -2.18. The summed E-state index contributed by atoms with van der Waals surface area (Å²) >= 11 is 5.94. The van der Waals surface area contributed by atoms with Gasteiger partial charge in [-0.2, -0.15) is 0 Å². The summed E-state index contributed by atoms with van der Waals surface area (Å²) in [5.41, 5.74) is 1.41. The maximum Gasteiger partial charge on any atom is 0.129 e. The molecular formula is C12H18ClN3. The Balaban J connectivity index is 2.01. The van der Waals surface area contributed by atoms with E-state index in [0.717, 1.165) is 36.2 Å². The van der Waals surface area contributed by atoms with Gasteiger partial charge in [0.15, 0.2) is 0 Å². The highest BCUT2D eigenvalue weighted by Gasteiger charge is 2.41. The van der Waals surface area contributed by atoms with Gasteiger partial charge >= 0.3 is 0 Å². The maximum atomic E-state index is 5.94. The highest BCUT2D eigenvalue weighted by atomic mass is 35.5. The third-order valence-corrected chi connectivity index (χ3v) is 3.71. The van der Waals surface area contributed by atoms with Gasteiger partial charge < -0.3 is 5.32 Å². The van der Waals surface area contributed by atoms with Crippen LogP contribution in [0, 0.1) is 12.3 Å². The lowest BCUT2D eigenvalue weighted by molar-refractivity contribution is 0.617. The third kappa shape index (κ3) is 2.64. The predicted octanol–water partition coefficient (Wildman–Crippen LogP) is 2.78. The first kappa shape index (κ1) is 11.6. The number of nitrogens with zero attached hydrogens (tertiary/aromatic N) is 2. The van der Waals surface area contributed by atoms with Crippen LogP contribution in [0.3, 0.4) is 0 Å². The molecule has 3 nitrogen and oxygen atoms in total. The second kappa shape index (κ2) is 4.58. The van der Waals surface area contributed by atoms with Crippen molar-refractivity contribution in [1.82, 2.24) is 9.97 Å². The predicted molar refractivity (Wildman–Crippen MR) is 67.0 cm³/mol. The first-order valence-electron chi connectivity index (χ1n) is 5.82.